The van der Waals surface area contributed by atoms with Gasteiger partial charge < -0.3 is 10.1 Å². The first-order valence-corrected chi connectivity index (χ1v) is 6.89. The molecule has 1 aromatic rings. The summed E-state index contributed by atoms with van der Waals surface area (Å²) >= 11 is 0. The van der Waals surface area contributed by atoms with Crippen LogP contribution in [0.5, 0.6) is 5.75 Å². The summed E-state index contributed by atoms with van der Waals surface area (Å²) in [7, 11) is 0. The quantitative estimate of drug-likeness (QED) is 0.865. The molecule has 0 bridgehead atoms. The summed E-state index contributed by atoms with van der Waals surface area (Å²) in [5.74, 6) is 0.707. The molecule has 0 aliphatic heterocycles. The van der Waals surface area contributed by atoms with Crippen LogP contribution in [0.25, 0.3) is 0 Å². The Morgan fingerprint density at radius 2 is 2.11 bits per heavy atom. The molecule has 0 saturated heterocycles. The highest BCUT2D eigenvalue weighted by molar-refractivity contribution is 5.48. The number of benzene rings is 1. The van der Waals surface area contributed by atoms with Crippen LogP contribution >= 0.6 is 0 Å². The highest BCUT2D eigenvalue weighted by atomic mass is 19.1. The number of hydrogen-bond acceptors (Lipinski definition) is 2. The van der Waals surface area contributed by atoms with Crippen LogP contribution in [0.15, 0.2) is 18.2 Å². The molecule has 3 heteroatoms. The highest BCUT2D eigenvalue weighted by Gasteiger charge is 2.21. The Balaban J connectivity index is 2.02. The third kappa shape index (κ3) is 3.15. The fraction of sp³-hybridized carbons (Fsp3) is 0.600. The molecular weight excluding hydrogens is 229 g/mol. The van der Waals surface area contributed by atoms with Crippen molar-refractivity contribution >= 4 is 5.69 Å². The Labute approximate surface area is 109 Å². The van der Waals surface area contributed by atoms with Crippen LogP contribution in [0.3, 0.4) is 0 Å². The molecule has 100 valence electrons. The van der Waals surface area contributed by atoms with Crippen LogP contribution in [-0.2, 0) is 0 Å². The predicted octanol–water partition coefficient (Wildman–Crippen LogP) is 4.22. The molecule has 1 aromatic carbocycles. The van der Waals surface area contributed by atoms with Crippen LogP contribution in [0.2, 0.25) is 0 Å². The molecule has 1 aliphatic rings. The minimum absolute atomic E-state index is 0.287. The van der Waals surface area contributed by atoms with Crippen molar-refractivity contribution in [2.24, 2.45) is 5.92 Å². The van der Waals surface area contributed by atoms with Gasteiger partial charge in [-0.1, -0.05) is 19.8 Å². The Hall–Kier alpha value is -1.25. The summed E-state index contributed by atoms with van der Waals surface area (Å²) in [6, 6.07) is 5.60. The van der Waals surface area contributed by atoms with Gasteiger partial charge in [-0.25, -0.2) is 4.39 Å². The number of anilines is 1. The predicted molar refractivity (Wildman–Crippen MR) is 72.6 cm³/mol. The van der Waals surface area contributed by atoms with E-state index in [4.69, 9.17) is 4.74 Å². The lowest BCUT2D eigenvalue weighted by Crippen LogP contribution is -2.30. The molecule has 1 aliphatic carbocycles. The zero-order valence-electron chi connectivity index (χ0n) is 11.2. The van der Waals surface area contributed by atoms with E-state index in [1.165, 1.54) is 31.7 Å². The third-order valence-corrected chi connectivity index (χ3v) is 3.70. The summed E-state index contributed by atoms with van der Waals surface area (Å²) in [5.41, 5.74) is 0.856. The second-order valence-electron chi connectivity index (χ2n) is 5.09. The maximum Gasteiger partial charge on any atom is 0.167 e. The Bertz CT molecular complexity index is 394. The van der Waals surface area contributed by atoms with E-state index in [1.807, 2.05) is 13.0 Å². The molecule has 0 aromatic heterocycles. The van der Waals surface area contributed by atoms with Gasteiger partial charge in [0.2, 0.25) is 0 Å². The number of halogens is 1. The minimum Gasteiger partial charge on any atom is -0.491 e. The van der Waals surface area contributed by atoms with Crippen LogP contribution in [0.1, 0.15) is 39.5 Å². The molecule has 2 nitrogen and oxygen atoms in total. The minimum atomic E-state index is -0.287. The normalized spacial score (nSPS) is 23.7. The molecule has 2 rings (SSSR count). The van der Waals surface area contributed by atoms with Crippen LogP contribution in [0.4, 0.5) is 10.1 Å². The lowest BCUT2D eigenvalue weighted by molar-refractivity contribution is 0.321. The standard InChI is InChI=1S/C15H22FNO/c1-3-18-15-9-8-12(10-13(15)16)17-14-7-5-4-6-11(14)2/h8-11,14,17H,3-7H2,1-2H3. The van der Waals surface area contributed by atoms with Crippen molar-refractivity contribution in [3.63, 3.8) is 0 Å². The number of ether oxygens (including phenoxy) is 1. The molecule has 0 heterocycles. The van der Waals surface area contributed by atoms with Gasteiger partial charge >= 0.3 is 0 Å². The molecule has 0 spiro atoms. The maximum absolute atomic E-state index is 13.7. The average molecular weight is 251 g/mol. The summed E-state index contributed by atoms with van der Waals surface area (Å²) < 4.78 is 18.9. The molecule has 2 atom stereocenters. The summed E-state index contributed by atoms with van der Waals surface area (Å²) in [6.07, 6.45) is 5.02. The van der Waals surface area contributed by atoms with Crippen LogP contribution in [-0.4, -0.2) is 12.6 Å². The second-order valence-corrected chi connectivity index (χ2v) is 5.09. The van der Waals surface area contributed by atoms with Gasteiger partial charge in [0.05, 0.1) is 6.61 Å². The maximum atomic E-state index is 13.7. The van der Waals surface area contributed by atoms with Gasteiger partial charge in [-0.05, 0) is 37.8 Å². The van der Waals surface area contributed by atoms with Gasteiger partial charge in [-0.2, -0.15) is 0 Å². The van der Waals surface area contributed by atoms with Gasteiger partial charge in [-0.15, -0.1) is 0 Å². The van der Waals surface area contributed by atoms with E-state index < -0.39 is 0 Å². The van der Waals surface area contributed by atoms with Gasteiger partial charge in [0.1, 0.15) is 0 Å². The van der Waals surface area contributed by atoms with Gasteiger partial charge in [-0.3, -0.25) is 0 Å². The van der Waals surface area contributed by atoms with Gasteiger partial charge in [0, 0.05) is 17.8 Å². The molecule has 18 heavy (non-hydrogen) atoms. The number of nitrogens with one attached hydrogen (secondary N) is 1. The van der Waals surface area contributed by atoms with E-state index in [1.54, 1.807) is 6.07 Å². The van der Waals surface area contributed by atoms with Crippen molar-refractivity contribution in [3.05, 3.63) is 24.0 Å². The third-order valence-electron chi connectivity index (χ3n) is 3.70. The van der Waals surface area contributed by atoms with E-state index >= 15 is 0 Å². The first-order chi connectivity index (χ1) is 8.70. The zero-order chi connectivity index (χ0) is 13.0. The first-order valence-electron chi connectivity index (χ1n) is 6.89. The van der Waals surface area contributed by atoms with Crippen LogP contribution < -0.4 is 10.1 Å². The fourth-order valence-corrected chi connectivity index (χ4v) is 2.61. The molecular formula is C15H22FNO. The SMILES string of the molecule is CCOc1ccc(NC2CCCCC2C)cc1F. The highest BCUT2D eigenvalue weighted by Crippen LogP contribution is 2.28. The van der Waals surface area contributed by atoms with Crippen molar-refractivity contribution in [2.75, 3.05) is 11.9 Å². The lowest BCUT2D eigenvalue weighted by Gasteiger charge is -2.30. The molecule has 0 amide bonds. The van der Waals surface area contributed by atoms with Gasteiger partial charge in [0.15, 0.2) is 11.6 Å². The number of hydrogen-bond donors (Lipinski definition) is 1. The first kappa shape index (κ1) is 13.2. The van der Waals surface area contributed by atoms with Crippen LogP contribution in [0, 0.1) is 11.7 Å². The topological polar surface area (TPSA) is 21.3 Å². The molecule has 1 fully saturated rings. The van der Waals surface area contributed by atoms with Crippen molar-refractivity contribution < 1.29 is 9.13 Å². The Kier molecular flexibility index (Phi) is 4.45. The largest absolute Gasteiger partial charge is 0.491 e. The van der Waals surface area contributed by atoms with Crippen molar-refractivity contribution in [3.8, 4) is 5.75 Å². The summed E-state index contributed by atoms with van der Waals surface area (Å²) in [6.45, 7) is 4.61. The monoisotopic (exact) mass is 251 g/mol. The smallest absolute Gasteiger partial charge is 0.167 e. The summed E-state index contributed by atoms with van der Waals surface area (Å²) in [5, 5.41) is 3.45. The number of rotatable bonds is 4. The molecule has 2 unspecified atom stereocenters. The van der Waals surface area contributed by atoms with Crippen molar-refractivity contribution in [1.29, 1.82) is 0 Å². The fourth-order valence-electron chi connectivity index (χ4n) is 2.61. The van der Waals surface area contributed by atoms with Gasteiger partial charge in [0.25, 0.3) is 0 Å². The Morgan fingerprint density at radius 1 is 1.33 bits per heavy atom. The average Bonchev–Trinajstić information content (AvgIpc) is 2.36. The zero-order valence-corrected chi connectivity index (χ0v) is 11.2. The molecule has 0 radical (unpaired) electrons. The van der Waals surface area contributed by atoms with E-state index in [-0.39, 0.29) is 5.82 Å². The molecule has 1 N–H and O–H groups in total. The van der Waals surface area contributed by atoms with Crippen molar-refractivity contribution in [1.82, 2.24) is 0 Å². The lowest BCUT2D eigenvalue weighted by atomic mass is 9.86. The van der Waals surface area contributed by atoms with E-state index in [0.29, 0.717) is 24.3 Å². The van der Waals surface area contributed by atoms with E-state index in [0.717, 1.165) is 5.69 Å². The van der Waals surface area contributed by atoms with E-state index in [2.05, 4.69) is 12.2 Å². The second kappa shape index (κ2) is 6.07. The van der Waals surface area contributed by atoms with E-state index in [9.17, 15) is 4.39 Å². The molecule has 1 saturated carbocycles. The van der Waals surface area contributed by atoms with Crippen molar-refractivity contribution in [2.45, 2.75) is 45.6 Å². The Morgan fingerprint density at radius 3 is 2.78 bits per heavy atom. The summed E-state index contributed by atoms with van der Waals surface area (Å²) in [4.78, 5) is 0.